The minimum atomic E-state index is -0.106. The summed E-state index contributed by atoms with van der Waals surface area (Å²) < 4.78 is 5.43. The lowest BCUT2D eigenvalue weighted by Gasteiger charge is -2.29. The maximum absolute atomic E-state index is 6.31. The first-order valence-electron chi connectivity index (χ1n) is 7.62. The van der Waals surface area contributed by atoms with Gasteiger partial charge in [-0.2, -0.15) is 0 Å². The lowest BCUT2D eigenvalue weighted by atomic mass is 9.95. The quantitative estimate of drug-likeness (QED) is 0.799. The molecule has 2 rings (SSSR count). The van der Waals surface area contributed by atoms with Crippen LogP contribution in [0.25, 0.3) is 0 Å². The summed E-state index contributed by atoms with van der Waals surface area (Å²) in [6.45, 7) is 11.0. The maximum atomic E-state index is 6.31. The molecule has 5 heteroatoms. The highest BCUT2D eigenvalue weighted by Crippen LogP contribution is 2.29. The molecule has 0 saturated carbocycles. The molecule has 0 spiro atoms. The molecule has 118 valence electrons. The molecule has 0 bridgehead atoms. The van der Waals surface area contributed by atoms with Gasteiger partial charge in [-0.05, 0) is 25.7 Å². The Bertz CT molecular complexity index is 493. The van der Waals surface area contributed by atoms with E-state index in [9.17, 15) is 0 Å². The summed E-state index contributed by atoms with van der Waals surface area (Å²) in [4.78, 5) is 11.4. The lowest BCUT2D eigenvalue weighted by Crippen LogP contribution is -2.31. The predicted octanol–water partition coefficient (Wildman–Crippen LogP) is 3.60. The average Bonchev–Trinajstić information content (AvgIpc) is 2.41. The Labute approximate surface area is 132 Å². The zero-order valence-corrected chi connectivity index (χ0v) is 14.5. The van der Waals surface area contributed by atoms with Crippen LogP contribution >= 0.6 is 11.6 Å². The van der Waals surface area contributed by atoms with E-state index in [-0.39, 0.29) is 5.41 Å². The first-order valence-corrected chi connectivity index (χ1v) is 8.00. The van der Waals surface area contributed by atoms with E-state index in [0.29, 0.717) is 11.1 Å². The fraction of sp³-hybridized carbons (Fsp3) is 0.750. The fourth-order valence-corrected chi connectivity index (χ4v) is 2.75. The van der Waals surface area contributed by atoms with Gasteiger partial charge in [0.1, 0.15) is 16.8 Å². The number of aromatic nitrogens is 2. The van der Waals surface area contributed by atoms with Crippen LogP contribution in [-0.2, 0) is 10.2 Å². The van der Waals surface area contributed by atoms with Gasteiger partial charge >= 0.3 is 0 Å². The van der Waals surface area contributed by atoms with Gasteiger partial charge in [-0.3, -0.25) is 0 Å². The van der Waals surface area contributed by atoms with Gasteiger partial charge in [-0.1, -0.05) is 32.4 Å². The summed E-state index contributed by atoms with van der Waals surface area (Å²) in [5, 5.41) is 0.559. The highest BCUT2D eigenvalue weighted by atomic mass is 35.5. The molecule has 0 amide bonds. The summed E-state index contributed by atoms with van der Waals surface area (Å²) in [6.07, 6.45) is 2.24. The van der Waals surface area contributed by atoms with Gasteiger partial charge in [0.15, 0.2) is 0 Å². The van der Waals surface area contributed by atoms with Crippen LogP contribution in [-0.4, -0.2) is 36.8 Å². The van der Waals surface area contributed by atoms with Crippen LogP contribution < -0.4 is 4.90 Å². The number of nitrogens with zero attached hydrogens (tertiary/aromatic N) is 3. The number of hydrogen-bond donors (Lipinski definition) is 0. The minimum absolute atomic E-state index is 0.106. The summed E-state index contributed by atoms with van der Waals surface area (Å²) in [7, 11) is 2.09. The molecule has 1 aliphatic heterocycles. The monoisotopic (exact) mass is 311 g/mol. The van der Waals surface area contributed by atoms with E-state index >= 15 is 0 Å². The third kappa shape index (κ3) is 4.07. The number of halogens is 1. The Balaban J connectivity index is 2.22. The normalized spacial score (nSPS) is 17.0. The molecule has 0 aromatic carbocycles. The Morgan fingerprint density at radius 2 is 1.86 bits per heavy atom. The molecule has 4 nitrogen and oxygen atoms in total. The summed E-state index contributed by atoms with van der Waals surface area (Å²) >= 11 is 6.31. The van der Waals surface area contributed by atoms with E-state index in [4.69, 9.17) is 21.3 Å². The maximum Gasteiger partial charge on any atom is 0.137 e. The standard InChI is InChI=1S/C16H26ClN3O/c1-11-13(17)18-15(16(2,3)4)19-14(11)20(5)10-12-6-8-21-9-7-12/h12H,6-10H2,1-5H3. The highest BCUT2D eigenvalue weighted by molar-refractivity contribution is 6.30. The van der Waals surface area contributed by atoms with Gasteiger partial charge in [0.25, 0.3) is 0 Å². The zero-order chi connectivity index (χ0) is 15.6. The Morgan fingerprint density at radius 3 is 2.43 bits per heavy atom. The van der Waals surface area contributed by atoms with E-state index in [1.165, 1.54) is 0 Å². The van der Waals surface area contributed by atoms with Crippen LogP contribution in [0.2, 0.25) is 5.15 Å². The zero-order valence-electron chi connectivity index (χ0n) is 13.7. The lowest BCUT2D eigenvalue weighted by molar-refractivity contribution is 0.0685. The van der Waals surface area contributed by atoms with Crippen molar-refractivity contribution in [2.75, 3.05) is 31.7 Å². The van der Waals surface area contributed by atoms with E-state index in [2.05, 4.69) is 37.7 Å². The van der Waals surface area contributed by atoms with Crippen molar-refractivity contribution in [1.82, 2.24) is 9.97 Å². The first-order chi connectivity index (χ1) is 9.79. The van der Waals surface area contributed by atoms with Crippen molar-refractivity contribution in [3.63, 3.8) is 0 Å². The van der Waals surface area contributed by atoms with Crippen LogP contribution in [0.15, 0.2) is 0 Å². The molecule has 2 heterocycles. The smallest absolute Gasteiger partial charge is 0.137 e. The van der Waals surface area contributed by atoms with Gasteiger partial charge in [0.05, 0.1) is 0 Å². The average molecular weight is 312 g/mol. The SMILES string of the molecule is Cc1c(Cl)nc(C(C)(C)C)nc1N(C)CC1CCOCC1. The number of anilines is 1. The van der Waals surface area contributed by atoms with E-state index in [0.717, 1.165) is 49.8 Å². The first kappa shape index (κ1) is 16.5. The second-order valence-electron chi connectivity index (χ2n) is 6.97. The van der Waals surface area contributed by atoms with Gasteiger partial charge in [0.2, 0.25) is 0 Å². The number of ether oxygens (including phenoxy) is 1. The van der Waals surface area contributed by atoms with Crippen LogP contribution in [0.4, 0.5) is 5.82 Å². The summed E-state index contributed by atoms with van der Waals surface area (Å²) in [5.74, 6) is 2.41. The topological polar surface area (TPSA) is 38.2 Å². The number of rotatable bonds is 3. The van der Waals surface area contributed by atoms with Crippen molar-refractivity contribution in [2.45, 2.75) is 46.0 Å². The molecule has 0 unspecified atom stereocenters. The minimum Gasteiger partial charge on any atom is -0.381 e. The van der Waals surface area contributed by atoms with Crippen molar-refractivity contribution in [3.05, 3.63) is 16.5 Å². The molecule has 0 radical (unpaired) electrons. The van der Waals surface area contributed by atoms with Crippen LogP contribution in [0, 0.1) is 12.8 Å². The predicted molar refractivity (Wildman–Crippen MR) is 87.3 cm³/mol. The summed E-state index contributed by atoms with van der Waals surface area (Å²) in [6, 6.07) is 0. The summed E-state index contributed by atoms with van der Waals surface area (Å²) in [5.41, 5.74) is 0.852. The Kier molecular flexibility index (Phi) is 5.10. The Morgan fingerprint density at radius 1 is 1.24 bits per heavy atom. The third-order valence-electron chi connectivity index (χ3n) is 3.97. The van der Waals surface area contributed by atoms with Crippen LogP contribution in [0.1, 0.15) is 45.0 Å². The van der Waals surface area contributed by atoms with Crippen LogP contribution in [0.5, 0.6) is 0 Å². The molecule has 1 fully saturated rings. The largest absolute Gasteiger partial charge is 0.381 e. The van der Waals surface area contributed by atoms with E-state index in [1.54, 1.807) is 0 Å². The van der Waals surface area contributed by atoms with Gasteiger partial charge in [-0.15, -0.1) is 0 Å². The highest BCUT2D eigenvalue weighted by Gasteiger charge is 2.23. The van der Waals surface area contributed by atoms with Crippen molar-refractivity contribution in [3.8, 4) is 0 Å². The molecule has 0 aliphatic carbocycles. The second kappa shape index (κ2) is 6.49. The molecule has 1 aliphatic rings. The van der Waals surface area contributed by atoms with E-state index < -0.39 is 0 Å². The fourth-order valence-electron chi connectivity index (χ4n) is 2.59. The van der Waals surface area contributed by atoms with E-state index in [1.807, 2.05) is 6.92 Å². The second-order valence-corrected chi connectivity index (χ2v) is 7.33. The van der Waals surface area contributed by atoms with Gasteiger partial charge < -0.3 is 9.64 Å². The molecular weight excluding hydrogens is 286 g/mol. The Hall–Kier alpha value is -0.870. The van der Waals surface area contributed by atoms with Gasteiger partial charge in [0, 0.05) is 37.8 Å². The molecule has 0 atom stereocenters. The van der Waals surface area contributed by atoms with Crippen molar-refractivity contribution in [1.29, 1.82) is 0 Å². The molecule has 1 aromatic heterocycles. The van der Waals surface area contributed by atoms with Crippen molar-refractivity contribution >= 4 is 17.4 Å². The third-order valence-corrected chi connectivity index (χ3v) is 4.33. The van der Waals surface area contributed by atoms with Crippen molar-refractivity contribution < 1.29 is 4.74 Å². The molecule has 0 N–H and O–H groups in total. The molecule has 1 saturated heterocycles. The van der Waals surface area contributed by atoms with Crippen molar-refractivity contribution in [2.24, 2.45) is 5.92 Å². The van der Waals surface area contributed by atoms with Gasteiger partial charge in [-0.25, -0.2) is 9.97 Å². The molecule has 21 heavy (non-hydrogen) atoms. The molecule has 1 aromatic rings. The molecular formula is C16H26ClN3O. The number of hydrogen-bond acceptors (Lipinski definition) is 4. The van der Waals surface area contributed by atoms with Crippen LogP contribution in [0.3, 0.4) is 0 Å².